The molecular weight excluding hydrogens is 349 g/mol. The highest BCUT2D eigenvalue weighted by molar-refractivity contribution is 6.42. The van der Waals surface area contributed by atoms with Crippen molar-refractivity contribution in [3.8, 4) is 0 Å². The highest BCUT2D eigenvalue weighted by atomic mass is 35.5. The van der Waals surface area contributed by atoms with Gasteiger partial charge in [0.1, 0.15) is 6.23 Å². The van der Waals surface area contributed by atoms with Crippen molar-refractivity contribution in [2.24, 2.45) is 0 Å². The first-order chi connectivity index (χ1) is 11.6. The normalized spacial score (nSPS) is 20.1. The van der Waals surface area contributed by atoms with Crippen LogP contribution in [0.25, 0.3) is 0 Å². The topological polar surface area (TPSA) is 47.6 Å². The van der Waals surface area contributed by atoms with E-state index in [0.717, 1.165) is 5.56 Å². The van der Waals surface area contributed by atoms with E-state index in [2.05, 4.69) is 5.32 Å². The van der Waals surface area contributed by atoms with E-state index in [1.54, 1.807) is 24.3 Å². The van der Waals surface area contributed by atoms with E-state index in [-0.39, 0.29) is 18.3 Å². The fourth-order valence-corrected chi connectivity index (χ4v) is 2.82. The van der Waals surface area contributed by atoms with Gasteiger partial charge in [0.25, 0.3) is 0 Å². The molecule has 2 aromatic rings. The number of hydrogen-bond acceptors (Lipinski definition) is 4. The Balaban J connectivity index is 1.46. The standard InChI is InChI=1S/C18H17Cl2NO3/c19-15-7-6-13(10-16(15)20)17-21-11-14(24-17)8-9-23-18(22)12-4-2-1-3-5-12/h1-7,10,14,17,21H,8-9,11H2. The van der Waals surface area contributed by atoms with Crippen LogP contribution < -0.4 is 5.32 Å². The molecule has 0 radical (unpaired) electrons. The molecule has 1 fully saturated rings. The van der Waals surface area contributed by atoms with Crippen LogP contribution in [-0.2, 0) is 9.47 Å². The molecular formula is C18H17Cl2NO3. The molecule has 2 unspecified atom stereocenters. The number of rotatable bonds is 5. The van der Waals surface area contributed by atoms with Crippen molar-refractivity contribution < 1.29 is 14.3 Å². The summed E-state index contributed by atoms with van der Waals surface area (Å²) in [6.07, 6.45) is 0.381. The van der Waals surface area contributed by atoms with Gasteiger partial charge in [-0.1, -0.05) is 47.5 Å². The highest BCUT2D eigenvalue weighted by Gasteiger charge is 2.26. The van der Waals surface area contributed by atoms with Crippen molar-refractivity contribution in [3.63, 3.8) is 0 Å². The van der Waals surface area contributed by atoms with Crippen LogP contribution >= 0.6 is 23.2 Å². The molecule has 2 atom stereocenters. The number of nitrogens with one attached hydrogen (secondary N) is 1. The summed E-state index contributed by atoms with van der Waals surface area (Å²) in [5.41, 5.74) is 1.48. The van der Waals surface area contributed by atoms with Gasteiger partial charge in [-0.2, -0.15) is 0 Å². The van der Waals surface area contributed by atoms with Crippen molar-refractivity contribution in [1.82, 2.24) is 5.32 Å². The maximum atomic E-state index is 11.9. The lowest BCUT2D eigenvalue weighted by Gasteiger charge is -2.14. The SMILES string of the molecule is O=C(OCCC1CNC(c2ccc(Cl)c(Cl)c2)O1)c1ccccc1. The molecule has 0 aromatic heterocycles. The summed E-state index contributed by atoms with van der Waals surface area (Å²) >= 11 is 12.0. The zero-order valence-electron chi connectivity index (χ0n) is 12.9. The molecule has 0 saturated carbocycles. The average molecular weight is 366 g/mol. The van der Waals surface area contributed by atoms with Crippen molar-refractivity contribution in [2.75, 3.05) is 13.2 Å². The Labute approximate surface area is 150 Å². The van der Waals surface area contributed by atoms with Crippen LogP contribution in [-0.4, -0.2) is 25.2 Å². The van der Waals surface area contributed by atoms with E-state index in [4.69, 9.17) is 32.7 Å². The van der Waals surface area contributed by atoms with Crippen LogP contribution in [0.5, 0.6) is 0 Å². The molecule has 126 valence electrons. The zero-order valence-corrected chi connectivity index (χ0v) is 14.4. The number of hydrogen-bond donors (Lipinski definition) is 1. The molecule has 6 heteroatoms. The first-order valence-corrected chi connectivity index (χ1v) is 8.45. The average Bonchev–Trinajstić information content (AvgIpc) is 3.07. The third kappa shape index (κ3) is 4.28. The Bertz CT molecular complexity index is 709. The molecule has 0 amide bonds. The maximum absolute atomic E-state index is 11.9. The van der Waals surface area contributed by atoms with Crippen LogP contribution in [0, 0.1) is 0 Å². The first-order valence-electron chi connectivity index (χ1n) is 7.69. The fraction of sp³-hybridized carbons (Fsp3) is 0.278. The maximum Gasteiger partial charge on any atom is 0.338 e. The lowest BCUT2D eigenvalue weighted by molar-refractivity contribution is 0.0169. The molecule has 0 spiro atoms. The molecule has 0 aliphatic carbocycles. The van der Waals surface area contributed by atoms with Gasteiger partial charge in [0.2, 0.25) is 0 Å². The second-order valence-electron chi connectivity index (χ2n) is 5.51. The van der Waals surface area contributed by atoms with Gasteiger partial charge >= 0.3 is 5.97 Å². The van der Waals surface area contributed by atoms with E-state index in [1.807, 2.05) is 24.3 Å². The summed E-state index contributed by atoms with van der Waals surface area (Å²) < 4.78 is 11.2. The number of halogens is 2. The van der Waals surface area contributed by atoms with Gasteiger partial charge in [-0.3, -0.25) is 5.32 Å². The van der Waals surface area contributed by atoms with Crippen molar-refractivity contribution in [3.05, 3.63) is 69.7 Å². The molecule has 0 bridgehead atoms. The summed E-state index contributed by atoms with van der Waals surface area (Å²) in [7, 11) is 0. The predicted molar refractivity (Wildman–Crippen MR) is 93.4 cm³/mol. The third-order valence-corrected chi connectivity index (χ3v) is 4.53. The molecule has 3 rings (SSSR count). The van der Waals surface area contributed by atoms with E-state index >= 15 is 0 Å². The lowest BCUT2D eigenvalue weighted by atomic mass is 10.2. The van der Waals surface area contributed by atoms with Crippen molar-refractivity contribution in [2.45, 2.75) is 18.8 Å². The third-order valence-electron chi connectivity index (χ3n) is 3.79. The number of carbonyl (C=O) groups excluding carboxylic acids is 1. The molecule has 24 heavy (non-hydrogen) atoms. The Morgan fingerprint density at radius 2 is 1.96 bits per heavy atom. The summed E-state index contributed by atoms with van der Waals surface area (Å²) in [4.78, 5) is 11.9. The molecule has 1 aliphatic heterocycles. The minimum absolute atomic E-state index is 0.0203. The summed E-state index contributed by atoms with van der Waals surface area (Å²) in [6.45, 7) is 1.00. The van der Waals surface area contributed by atoms with E-state index in [0.29, 0.717) is 35.2 Å². The fourth-order valence-electron chi connectivity index (χ4n) is 2.51. The zero-order chi connectivity index (χ0) is 16.9. The molecule has 1 heterocycles. The number of esters is 1. The quantitative estimate of drug-likeness (QED) is 0.805. The van der Waals surface area contributed by atoms with Gasteiger partial charge in [0, 0.05) is 13.0 Å². The van der Waals surface area contributed by atoms with Crippen LogP contribution in [0.2, 0.25) is 10.0 Å². The van der Waals surface area contributed by atoms with Gasteiger partial charge in [-0.25, -0.2) is 4.79 Å². The summed E-state index contributed by atoms with van der Waals surface area (Å²) in [5, 5.41) is 4.29. The van der Waals surface area contributed by atoms with Gasteiger partial charge in [0.15, 0.2) is 0 Å². The number of benzene rings is 2. The molecule has 1 N–H and O–H groups in total. The van der Waals surface area contributed by atoms with Crippen LogP contribution in [0.1, 0.15) is 28.6 Å². The minimum atomic E-state index is -0.317. The smallest absolute Gasteiger partial charge is 0.338 e. The Morgan fingerprint density at radius 1 is 1.17 bits per heavy atom. The Hall–Kier alpha value is -1.59. The number of ether oxygens (including phenoxy) is 2. The lowest BCUT2D eigenvalue weighted by Crippen LogP contribution is -2.17. The van der Waals surface area contributed by atoms with Gasteiger partial charge in [0.05, 0.1) is 28.3 Å². The molecule has 1 saturated heterocycles. The second-order valence-corrected chi connectivity index (χ2v) is 6.32. The Kier molecular flexibility index (Phi) is 5.74. The largest absolute Gasteiger partial charge is 0.462 e. The highest BCUT2D eigenvalue weighted by Crippen LogP contribution is 2.29. The van der Waals surface area contributed by atoms with E-state index in [1.165, 1.54) is 0 Å². The van der Waals surface area contributed by atoms with Crippen LogP contribution in [0.15, 0.2) is 48.5 Å². The predicted octanol–water partition coefficient (Wildman–Crippen LogP) is 4.23. The molecule has 4 nitrogen and oxygen atoms in total. The van der Waals surface area contributed by atoms with Gasteiger partial charge < -0.3 is 9.47 Å². The van der Waals surface area contributed by atoms with Crippen LogP contribution in [0.3, 0.4) is 0 Å². The van der Waals surface area contributed by atoms with E-state index < -0.39 is 0 Å². The minimum Gasteiger partial charge on any atom is -0.462 e. The second kappa shape index (κ2) is 7.99. The van der Waals surface area contributed by atoms with Crippen molar-refractivity contribution >= 4 is 29.2 Å². The molecule has 2 aromatic carbocycles. The monoisotopic (exact) mass is 365 g/mol. The number of carbonyl (C=O) groups is 1. The first kappa shape index (κ1) is 17.2. The Morgan fingerprint density at radius 3 is 2.71 bits per heavy atom. The van der Waals surface area contributed by atoms with E-state index in [9.17, 15) is 4.79 Å². The molecule has 1 aliphatic rings. The van der Waals surface area contributed by atoms with Gasteiger partial charge in [-0.15, -0.1) is 0 Å². The van der Waals surface area contributed by atoms with Gasteiger partial charge in [-0.05, 0) is 29.8 Å². The van der Waals surface area contributed by atoms with Crippen LogP contribution in [0.4, 0.5) is 0 Å². The summed E-state index contributed by atoms with van der Waals surface area (Å²) in [5.74, 6) is -0.317. The summed E-state index contributed by atoms with van der Waals surface area (Å²) in [6, 6.07) is 14.4. The van der Waals surface area contributed by atoms with Crippen molar-refractivity contribution in [1.29, 1.82) is 0 Å².